The minimum absolute atomic E-state index is 0.0567. The second-order valence-electron chi connectivity index (χ2n) is 5.17. The second-order valence-corrected chi connectivity index (χ2v) is 8.23. The lowest BCUT2D eigenvalue weighted by molar-refractivity contribution is 0.562. The number of nitrogens with zero attached hydrogens (tertiary/aromatic N) is 2. The number of anilines is 2. The van der Waals surface area contributed by atoms with Crippen molar-refractivity contribution < 1.29 is 17.2 Å². The number of nitriles is 1. The molecule has 3 N–H and O–H groups in total. The molecule has 0 unspecified atom stereocenters. The van der Waals surface area contributed by atoms with Crippen molar-refractivity contribution in [2.75, 3.05) is 40.6 Å². The van der Waals surface area contributed by atoms with Crippen LogP contribution in [-0.2, 0) is 9.84 Å². The van der Waals surface area contributed by atoms with Crippen molar-refractivity contribution in [2.24, 2.45) is 5.73 Å². The zero-order valence-electron chi connectivity index (χ0n) is 14.6. The zero-order valence-corrected chi connectivity index (χ0v) is 16.3. The van der Waals surface area contributed by atoms with Crippen LogP contribution in [0.1, 0.15) is 13.8 Å². The Kier molecular flexibility index (Phi) is 8.68. The van der Waals surface area contributed by atoms with E-state index >= 15 is 0 Å². The molecular formula is C16H22F2N4O2S2. The Morgan fingerprint density at radius 2 is 1.88 bits per heavy atom. The summed E-state index contributed by atoms with van der Waals surface area (Å²) >= 11 is 0.947. The normalized spacial score (nSPS) is 16.3. The first-order chi connectivity index (χ1) is 12.3. The number of benzene rings is 1. The number of rotatable bonds is 5. The molecule has 0 aromatic heterocycles. The first kappa shape index (κ1) is 22.1. The summed E-state index contributed by atoms with van der Waals surface area (Å²) in [6.45, 7) is 4.11. The first-order valence-corrected chi connectivity index (χ1v) is 10.8. The predicted octanol–water partition coefficient (Wildman–Crippen LogP) is 2.65. The molecule has 10 heteroatoms. The van der Waals surface area contributed by atoms with Gasteiger partial charge in [-0.2, -0.15) is 5.26 Å². The van der Waals surface area contributed by atoms with E-state index in [1.54, 1.807) is 0 Å². The van der Waals surface area contributed by atoms with E-state index in [0.717, 1.165) is 23.9 Å². The molecule has 0 aliphatic carbocycles. The molecule has 1 saturated heterocycles. The lowest BCUT2D eigenvalue weighted by atomic mass is 10.2. The average molecular weight is 405 g/mol. The van der Waals surface area contributed by atoms with Gasteiger partial charge in [0.15, 0.2) is 21.5 Å². The van der Waals surface area contributed by atoms with E-state index in [1.165, 1.54) is 11.1 Å². The zero-order chi connectivity index (χ0) is 19.7. The van der Waals surface area contributed by atoms with Crippen molar-refractivity contribution in [3.05, 3.63) is 35.7 Å². The summed E-state index contributed by atoms with van der Waals surface area (Å²) in [5, 5.41) is 13.0. The summed E-state index contributed by atoms with van der Waals surface area (Å²) in [6.07, 6.45) is 1.37. The number of hydrogen-bond donors (Lipinski definition) is 2. The quantitative estimate of drug-likeness (QED) is 0.728. The maximum Gasteiger partial charge on any atom is 0.153 e. The molecule has 1 aromatic rings. The third kappa shape index (κ3) is 6.38. The van der Waals surface area contributed by atoms with Crippen molar-refractivity contribution in [1.82, 2.24) is 0 Å². The molecule has 6 nitrogen and oxygen atoms in total. The number of hydrogen-bond acceptors (Lipinski definition) is 7. The molecular weight excluding hydrogens is 382 g/mol. The molecule has 26 heavy (non-hydrogen) atoms. The standard InChI is InChI=1S/C14H16F2N4O2S2.C2H6/c15-12-5-11(19-7-10(18)8-23-9-17)6-13(16)14(12)20-1-3-24(21,22)4-2-20;1-2/h5-7,19H,1-4,8,18H2;1-2H3/b10-7-;. The molecule has 0 amide bonds. The largest absolute Gasteiger partial charge is 0.400 e. The van der Waals surface area contributed by atoms with Gasteiger partial charge in [0.05, 0.1) is 11.5 Å². The fourth-order valence-electron chi connectivity index (χ4n) is 2.22. The van der Waals surface area contributed by atoms with Crippen LogP contribution in [-0.4, -0.2) is 38.8 Å². The van der Waals surface area contributed by atoms with Crippen LogP contribution in [0.4, 0.5) is 20.2 Å². The monoisotopic (exact) mass is 404 g/mol. The number of thiocyanates is 1. The van der Waals surface area contributed by atoms with Crippen LogP contribution in [0.2, 0.25) is 0 Å². The number of halogens is 2. The summed E-state index contributed by atoms with van der Waals surface area (Å²) in [6, 6.07) is 2.23. The number of nitrogens with two attached hydrogens (primary N) is 1. The second kappa shape index (κ2) is 10.2. The Morgan fingerprint density at radius 3 is 2.38 bits per heavy atom. The van der Waals surface area contributed by atoms with Crippen LogP contribution < -0.4 is 16.0 Å². The van der Waals surface area contributed by atoms with E-state index in [1.807, 2.05) is 19.2 Å². The Balaban J connectivity index is 0.00000163. The van der Waals surface area contributed by atoms with E-state index in [2.05, 4.69) is 5.32 Å². The van der Waals surface area contributed by atoms with E-state index in [-0.39, 0.29) is 41.7 Å². The smallest absolute Gasteiger partial charge is 0.153 e. The third-order valence-corrected chi connectivity index (χ3v) is 5.62. The minimum atomic E-state index is -3.13. The van der Waals surface area contributed by atoms with Crippen LogP contribution in [0.3, 0.4) is 0 Å². The molecule has 0 atom stereocenters. The number of nitrogens with one attached hydrogen (secondary N) is 1. The molecule has 0 radical (unpaired) electrons. The Labute approximate surface area is 157 Å². The molecule has 1 fully saturated rings. The molecule has 0 saturated carbocycles. The van der Waals surface area contributed by atoms with Gasteiger partial charge in [0, 0.05) is 36.4 Å². The molecule has 144 valence electrons. The topological polar surface area (TPSA) is 99.2 Å². The number of sulfone groups is 1. The molecule has 1 heterocycles. The molecule has 1 aromatic carbocycles. The lowest BCUT2D eigenvalue weighted by Crippen LogP contribution is -2.41. The Bertz CT molecular complexity index is 755. The maximum atomic E-state index is 14.2. The minimum Gasteiger partial charge on any atom is -0.400 e. The van der Waals surface area contributed by atoms with E-state index in [9.17, 15) is 17.2 Å². The highest BCUT2D eigenvalue weighted by Crippen LogP contribution is 2.28. The predicted molar refractivity (Wildman–Crippen MR) is 103 cm³/mol. The van der Waals surface area contributed by atoms with E-state index < -0.39 is 21.5 Å². The summed E-state index contributed by atoms with van der Waals surface area (Å²) in [7, 11) is -3.13. The van der Waals surface area contributed by atoms with Crippen molar-refractivity contribution >= 4 is 33.0 Å². The van der Waals surface area contributed by atoms with Crippen LogP contribution in [0, 0.1) is 22.3 Å². The van der Waals surface area contributed by atoms with Gasteiger partial charge in [-0.25, -0.2) is 17.2 Å². The van der Waals surface area contributed by atoms with Gasteiger partial charge in [-0.3, -0.25) is 0 Å². The summed E-state index contributed by atoms with van der Waals surface area (Å²) < 4.78 is 51.3. The van der Waals surface area contributed by atoms with Gasteiger partial charge >= 0.3 is 0 Å². The van der Waals surface area contributed by atoms with Gasteiger partial charge in [-0.05, 0) is 23.9 Å². The van der Waals surface area contributed by atoms with E-state index in [4.69, 9.17) is 11.0 Å². The average Bonchev–Trinajstić information content (AvgIpc) is 2.60. The molecule has 2 rings (SSSR count). The lowest BCUT2D eigenvalue weighted by Gasteiger charge is -2.29. The van der Waals surface area contributed by atoms with Crippen molar-refractivity contribution in [2.45, 2.75) is 13.8 Å². The van der Waals surface area contributed by atoms with Gasteiger partial charge in [0.25, 0.3) is 0 Å². The van der Waals surface area contributed by atoms with Gasteiger partial charge in [-0.1, -0.05) is 13.8 Å². The highest BCUT2D eigenvalue weighted by molar-refractivity contribution is 8.03. The Hall–Kier alpha value is -1.99. The maximum absolute atomic E-state index is 14.2. The number of thioether (sulfide) groups is 1. The highest BCUT2D eigenvalue weighted by atomic mass is 32.2. The summed E-state index contributed by atoms with van der Waals surface area (Å²) in [5.41, 5.74) is 5.92. The highest BCUT2D eigenvalue weighted by Gasteiger charge is 2.26. The Morgan fingerprint density at radius 1 is 1.35 bits per heavy atom. The van der Waals surface area contributed by atoms with E-state index in [0.29, 0.717) is 5.70 Å². The van der Waals surface area contributed by atoms with Gasteiger partial charge in [0.1, 0.15) is 11.1 Å². The van der Waals surface area contributed by atoms with Gasteiger partial charge in [0.2, 0.25) is 0 Å². The van der Waals surface area contributed by atoms with Crippen LogP contribution >= 0.6 is 11.8 Å². The fourth-order valence-corrected chi connectivity index (χ4v) is 3.74. The van der Waals surface area contributed by atoms with Crippen LogP contribution in [0.15, 0.2) is 24.0 Å². The van der Waals surface area contributed by atoms with Crippen molar-refractivity contribution in [1.29, 1.82) is 5.26 Å². The van der Waals surface area contributed by atoms with Gasteiger partial charge < -0.3 is 16.0 Å². The first-order valence-electron chi connectivity index (χ1n) is 7.99. The van der Waals surface area contributed by atoms with Crippen molar-refractivity contribution in [3.63, 3.8) is 0 Å². The summed E-state index contributed by atoms with van der Waals surface area (Å²) in [5.74, 6) is -1.54. The SMILES string of the molecule is CC.N#CSC/C(N)=C/Nc1cc(F)c(N2CCS(=O)(=O)CC2)c(F)c1. The third-order valence-electron chi connectivity index (χ3n) is 3.41. The summed E-state index contributed by atoms with van der Waals surface area (Å²) in [4.78, 5) is 1.39. The molecule has 1 aliphatic rings. The molecule has 0 bridgehead atoms. The molecule has 0 spiro atoms. The van der Waals surface area contributed by atoms with Crippen molar-refractivity contribution in [3.8, 4) is 5.40 Å². The van der Waals surface area contributed by atoms with Crippen LogP contribution in [0.25, 0.3) is 0 Å². The molecule has 1 aliphatic heterocycles. The van der Waals surface area contributed by atoms with Crippen LogP contribution in [0.5, 0.6) is 0 Å². The fraction of sp³-hybridized carbons (Fsp3) is 0.438. The van der Waals surface area contributed by atoms with Gasteiger partial charge in [-0.15, -0.1) is 0 Å².